The van der Waals surface area contributed by atoms with Crippen LogP contribution in [0.25, 0.3) is 0 Å². The number of imide groups is 1. The number of nitrogens with one attached hydrogen (secondary N) is 4. The lowest BCUT2D eigenvalue weighted by Crippen LogP contribution is -2.58. The predicted octanol–water partition coefficient (Wildman–Crippen LogP) is -1.16. The Kier molecular flexibility index (Phi) is 17.6. The number of nitrogens with two attached hydrogens (primary N) is 3. The third-order valence-electron chi connectivity index (χ3n) is 6.21. The van der Waals surface area contributed by atoms with Crippen LogP contribution in [0.15, 0.2) is 0 Å². The molecule has 14 nitrogen and oxygen atoms in total. The Morgan fingerprint density at radius 1 is 0.750 bits per heavy atom. The molecule has 0 aliphatic rings. The predicted molar refractivity (Wildman–Crippen MR) is 149 cm³/mol. The molecule has 0 saturated carbocycles. The van der Waals surface area contributed by atoms with Crippen molar-refractivity contribution in [3.05, 3.63) is 0 Å². The van der Waals surface area contributed by atoms with Gasteiger partial charge in [0, 0.05) is 6.42 Å². The van der Waals surface area contributed by atoms with Gasteiger partial charge in [0.15, 0.2) is 0 Å². The van der Waals surface area contributed by atoms with Gasteiger partial charge in [0.1, 0.15) is 18.1 Å². The zero-order valence-corrected chi connectivity index (χ0v) is 24.3. The Labute approximate surface area is 236 Å². The molecule has 11 N–H and O–H groups in total. The summed E-state index contributed by atoms with van der Waals surface area (Å²) in [7, 11) is 0. The van der Waals surface area contributed by atoms with Gasteiger partial charge >= 0.3 is 5.97 Å². The van der Waals surface area contributed by atoms with Gasteiger partial charge in [-0.05, 0) is 50.5 Å². The average molecular weight is 572 g/mol. The molecular formula is C26H49N7O7. The first-order valence-corrected chi connectivity index (χ1v) is 13.8. The number of carbonyl (C=O) groups excluding carboxylic acids is 5. The summed E-state index contributed by atoms with van der Waals surface area (Å²) >= 11 is 0. The molecule has 0 aliphatic carbocycles. The minimum atomic E-state index is -1.37. The molecule has 230 valence electrons. The van der Waals surface area contributed by atoms with Crippen molar-refractivity contribution in [3.63, 3.8) is 0 Å². The van der Waals surface area contributed by atoms with E-state index in [1.807, 2.05) is 13.8 Å². The summed E-state index contributed by atoms with van der Waals surface area (Å²) in [5, 5.41) is 19.1. The Morgan fingerprint density at radius 2 is 1.32 bits per heavy atom. The highest BCUT2D eigenvalue weighted by Gasteiger charge is 2.31. The Hall–Kier alpha value is -3.10. The monoisotopic (exact) mass is 571 g/mol. The van der Waals surface area contributed by atoms with Gasteiger partial charge in [0.2, 0.25) is 29.5 Å². The fourth-order valence-corrected chi connectivity index (χ4v) is 3.68. The molecule has 0 rings (SSSR count). The van der Waals surface area contributed by atoms with Gasteiger partial charge in [-0.15, -0.1) is 0 Å². The van der Waals surface area contributed by atoms with Crippen molar-refractivity contribution >= 4 is 35.5 Å². The Bertz CT molecular complexity index is 866. The third kappa shape index (κ3) is 14.3. The van der Waals surface area contributed by atoms with E-state index in [-0.39, 0.29) is 31.1 Å². The van der Waals surface area contributed by atoms with E-state index >= 15 is 0 Å². The lowest BCUT2D eigenvalue weighted by Gasteiger charge is -2.27. The van der Waals surface area contributed by atoms with E-state index in [2.05, 4.69) is 21.3 Å². The highest BCUT2D eigenvalue weighted by Crippen LogP contribution is 2.09. The van der Waals surface area contributed by atoms with Gasteiger partial charge < -0.3 is 38.3 Å². The summed E-state index contributed by atoms with van der Waals surface area (Å²) in [5.41, 5.74) is 17.0. The molecule has 5 amide bonds. The summed E-state index contributed by atoms with van der Waals surface area (Å²) in [6.07, 6.45) is 1.65. The number of hydrogen-bond donors (Lipinski definition) is 8. The van der Waals surface area contributed by atoms with Crippen LogP contribution in [0.2, 0.25) is 0 Å². The van der Waals surface area contributed by atoms with Crippen molar-refractivity contribution < 1.29 is 33.9 Å². The van der Waals surface area contributed by atoms with Crippen molar-refractivity contribution in [1.82, 2.24) is 21.3 Å². The molecule has 0 aromatic rings. The first-order valence-electron chi connectivity index (χ1n) is 13.8. The van der Waals surface area contributed by atoms with E-state index in [0.29, 0.717) is 25.8 Å². The maximum atomic E-state index is 13.1. The number of aliphatic carboxylic acids is 1. The maximum absolute atomic E-state index is 13.1. The highest BCUT2D eigenvalue weighted by molar-refractivity contribution is 6.00. The second kappa shape index (κ2) is 19.1. The summed E-state index contributed by atoms with van der Waals surface area (Å²) in [6.45, 7) is 9.28. The standard InChI is InChI=1S/C26H49N7O7/c1-6-16(28)22(35)30-18(26(39)40)10-11-20(34)32-24(37)19(13-14(2)3)31-25(38)21(15(4)5)33-23(36)17(29)9-7-8-12-27/h14-19,21H,6-13,27-29H2,1-5H3,(H,30,35)(H,31,38)(H,33,36)(H,39,40)(H,32,34,37)/t16?,17-,18-,19-,21-/m0/s1. The van der Waals surface area contributed by atoms with Crippen molar-refractivity contribution in [1.29, 1.82) is 0 Å². The molecule has 0 spiro atoms. The Balaban J connectivity index is 5.28. The molecule has 0 heterocycles. The van der Waals surface area contributed by atoms with Crippen molar-refractivity contribution in [2.75, 3.05) is 6.54 Å². The molecule has 0 radical (unpaired) electrons. The van der Waals surface area contributed by atoms with E-state index in [0.717, 1.165) is 6.42 Å². The van der Waals surface area contributed by atoms with E-state index in [1.54, 1.807) is 20.8 Å². The number of unbranched alkanes of at least 4 members (excludes halogenated alkanes) is 1. The average Bonchev–Trinajstić information content (AvgIpc) is 2.87. The minimum Gasteiger partial charge on any atom is -0.480 e. The molecule has 5 atom stereocenters. The molecule has 0 aromatic carbocycles. The summed E-state index contributed by atoms with van der Waals surface area (Å²) in [6, 6.07) is -5.13. The molecular weight excluding hydrogens is 522 g/mol. The van der Waals surface area contributed by atoms with Crippen LogP contribution in [0.3, 0.4) is 0 Å². The number of carbonyl (C=O) groups is 6. The quantitative estimate of drug-likeness (QED) is 0.0864. The zero-order valence-electron chi connectivity index (χ0n) is 24.3. The fourth-order valence-electron chi connectivity index (χ4n) is 3.68. The zero-order chi connectivity index (χ0) is 31.0. The molecule has 0 saturated heterocycles. The highest BCUT2D eigenvalue weighted by atomic mass is 16.4. The molecule has 1 unspecified atom stereocenters. The maximum Gasteiger partial charge on any atom is 0.326 e. The van der Waals surface area contributed by atoms with Gasteiger partial charge in [-0.1, -0.05) is 41.0 Å². The van der Waals surface area contributed by atoms with E-state index in [4.69, 9.17) is 17.2 Å². The van der Waals surface area contributed by atoms with Gasteiger partial charge in [0.05, 0.1) is 12.1 Å². The number of hydrogen-bond acceptors (Lipinski definition) is 9. The second-order valence-electron chi connectivity index (χ2n) is 10.7. The molecule has 14 heteroatoms. The molecule has 0 fully saturated rings. The number of amides is 5. The van der Waals surface area contributed by atoms with E-state index in [9.17, 15) is 33.9 Å². The normalized spacial score (nSPS) is 14.9. The third-order valence-corrected chi connectivity index (χ3v) is 6.21. The number of carboxylic acid groups (broad SMARTS) is 1. The first-order chi connectivity index (χ1) is 18.6. The van der Waals surface area contributed by atoms with Gasteiger partial charge in [-0.3, -0.25) is 29.3 Å². The molecule has 0 aliphatic heterocycles. The Morgan fingerprint density at radius 3 is 1.82 bits per heavy atom. The van der Waals surface area contributed by atoms with Crippen LogP contribution in [-0.4, -0.2) is 77.4 Å². The van der Waals surface area contributed by atoms with Crippen LogP contribution in [0, 0.1) is 11.8 Å². The lowest BCUT2D eigenvalue weighted by atomic mass is 9.99. The van der Waals surface area contributed by atoms with Crippen molar-refractivity contribution in [3.8, 4) is 0 Å². The van der Waals surface area contributed by atoms with Crippen LogP contribution in [0.1, 0.15) is 79.6 Å². The second-order valence-corrected chi connectivity index (χ2v) is 10.7. The first kappa shape index (κ1) is 36.9. The van der Waals surface area contributed by atoms with Crippen LogP contribution < -0.4 is 38.5 Å². The largest absolute Gasteiger partial charge is 0.480 e. The van der Waals surface area contributed by atoms with Crippen molar-refractivity contribution in [2.24, 2.45) is 29.0 Å². The smallest absolute Gasteiger partial charge is 0.326 e. The topological polar surface area (TPSA) is 249 Å². The molecule has 0 aromatic heterocycles. The van der Waals surface area contributed by atoms with Gasteiger partial charge in [-0.25, -0.2) is 4.79 Å². The molecule has 40 heavy (non-hydrogen) atoms. The van der Waals surface area contributed by atoms with Crippen LogP contribution >= 0.6 is 0 Å². The minimum absolute atomic E-state index is 0.0383. The lowest BCUT2D eigenvalue weighted by molar-refractivity contribution is -0.142. The van der Waals surface area contributed by atoms with Gasteiger partial charge in [0.25, 0.3) is 0 Å². The van der Waals surface area contributed by atoms with Crippen LogP contribution in [0.5, 0.6) is 0 Å². The summed E-state index contributed by atoms with van der Waals surface area (Å²) in [4.78, 5) is 74.4. The SMILES string of the molecule is CCC(N)C(=O)N[C@@H](CCC(=O)NC(=O)[C@H](CC(C)C)NC(=O)[C@@H](NC(=O)[C@@H](N)CCCCN)C(C)C)C(=O)O. The summed E-state index contributed by atoms with van der Waals surface area (Å²) < 4.78 is 0. The van der Waals surface area contributed by atoms with Crippen molar-refractivity contribution in [2.45, 2.75) is 110 Å². The number of rotatable bonds is 19. The summed E-state index contributed by atoms with van der Waals surface area (Å²) in [5.74, 6) is -5.01. The number of carboxylic acids is 1. The van der Waals surface area contributed by atoms with Gasteiger partial charge in [-0.2, -0.15) is 0 Å². The van der Waals surface area contributed by atoms with E-state index < -0.39 is 65.7 Å². The van der Waals surface area contributed by atoms with E-state index in [1.165, 1.54) is 0 Å². The van der Waals surface area contributed by atoms with Crippen LogP contribution in [0.4, 0.5) is 0 Å². The molecule has 0 bridgehead atoms. The fraction of sp³-hybridized carbons (Fsp3) is 0.769. The van der Waals surface area contributed by atoms with Crippen LogP contribution in [-0.2, 0) is 28.8 Å².